The molecule has 0 aromatic heterocycles. The van der Waals surface area contributed by atoms with E-state index in [0.29, 0.717) is 6.61 Å². The van der Waals surface area contributed by atoms with E-state index >= 15 is 0 Å². The third-order valence-electron chi connectivity index (χ3n) is 1.70. The normalized spacial score (nSPS) is 12.5. The highest BCUT2D eigenvalue weighted by Crippen LogP contribution is 2.03. The van der Waals surface area contributed by atoms with Gasteiger partial charge < -0.3 is 10.1 Å². The van der Waals surface area contributed by atoms with Gasteiger partial charge in [-0.25, -0.2) is 0 Å². The van der Waals surface area contributed by atoms with Crippen LogP contribution in [0.4, 0.5) is 0 Å². The zero-order valence-electron chi connectivity index (χ0n) is 9.34. The molecule has 1 atom stereocenters. The number of hydrogen-bond acceptors (Lipinski definition) is 4. The van der Waals surface area contributed by atoms with E-state index in [1.807, 2.05) is 6.92 Å². The summed E-state index contributed by atoms with van der Waals surface area (Å²) in [5, 5.41) is 3.19. The van der Waals surface area contributed by atoms with Gasteiger partial charge in [-0.15, -0.1) is 0 Å². The molecule has 0 aliphatic heterocycles. The maximum atomic E-state index is 11.5. The minimum atomic E-state index is -0.139. The second kappa shape index (κ2) is 9.34. The molecule has 0 spiro atoms. The van der Waals surface area contributed by atoms with Gasteiger partial charge in [0.05, 0.1) is 6.61 Å². The Labute approximate surface area is 91.0 Å². The highest BCUT2D eigenvalue weighted by Gasteiger charge is 2.17. The van der Waals surface area contributed by atoms with Crippen molar-refractivity contribution in [1.29, 1.82) is 0 Å². The van der Waals surface area contributed by atoms with Crippen LogP contribution >= 0.6 is 11.8 Å². The fourth-order valence-electron chi connectivity index (χ4n) is 1.01. The van der Waals surface area contributed by atoms with E-state index in [-0.39, 0.29) is 12.0 Å². The van der Waals surface area contributed by atoms with Gasteiger partial charge in [0.25, 0.3) is 0 Å². The molecule has 0 aliphatic carbocycles. The van der Waals surface area contributed by atoms with Crippen LogP contribution in [-0.2, 0) is 9.53 Å². The molecule has 4 heteroatoms. The molecular weight excluding hydrogens is 198 g/mol. The third-order valence-corrected chi connectivity index (χ3v) is 2.68. The molecule has 0 aromatic carbocycles. The molecule has 0 heterocycles. The Morgan fingerprint density at radius 2 is 2.14 bits per heavy atom. The van der Waals surface area contributed by atoms with Crippen LogP contribution in [0, 0.1) is 0 Å². The molecule has 0 bridgehead atoms. The highest BCUT2D eigenvalue weighted by molar-refractivity contribution is 7.99. The van der Waals surface area contributed by atoms with Crippen molar-refractivity contribution >= 4 is 17.7 Å². The minimum Gasteiger partial charge on any atom is -0.465 e. The molecule has 84 valence electrons. The van der Waals surface area contributed by atoms with Crippen molar-refractivity contribution in [3.63, 3.8) is 0 Å². The lowest BCUT2D eigenvalue weighted by Gasteiger charge is -2.15. The number of esters is 1. The van der Waals surface area contributed by atoms with E-state index in [1.54, 1.807) is 11.8 Å². The van der Waals surface area contributed by atoms with Crippen molar-refractivity contribution in [1.82, 2.24) is 5.32 Å². The SMILES string of the molecule is CCCNC(CSCC)C(=O)OCC. The Bertz CT molecular complexity index is 145. The highest BCUT2D eigenvalue weighted by atomic mass is 32.2. The van der Waals surface area contributed by atoms with E-state index in [2.05, 4.69) is 19.2 Å². The molecule has 14 heavy (non-hydrogen) atoms. The van der Waals surface area contributed by atoms with Crippen LogP contribution in [0.15, 0.2) is 0 Å². The van der Waals surface area contributed by atoms with E-state index in [4.69, 9.17) is 4.74 Å². The van der Waals surface area contributed by atoms with Crippen molar-refractivity contribution in [3.05, 3.63) is 0 Å². The third kappa shape index (κ3) is 6.27. The molecule has 0 saturated heterocycles. The van der Waals surface area contributed by atoms with E-state index in [1.165, 1.54) is 0 Å². The average molecular weight is 219 g/mol. The summed E-state index contributed by atoms with van der Waals surface area (Å²) in [7, 11) is 0. The number of thioether (sulfide) groups is 1. The second-order valence-electron chi connectivity index (χ2n) is 2.92. The quantitative estimate of drug-likeness (QED) is 0.630. The maximum Gasteiger partial charge on any atom is 0.323 e. The smallest absolute Gasteiger partial charge is 0.323 e. The molecular formula is C10H21NO2S. The van der Waals surface area contributed by atoms with Crippen LogP contribution in [0.1, 0.15) is 27.2 Å². The van der Waals surface area contributed by atoms with Gasteiger partial charge in [-0.05, 0) is 25.6 Å². The van der Waals surface area contributed by atoms with Crippen LogP contribution in [-0.4, -0.2) is 36.7 Å². The summed E-state index contributed by atoms with van der Waals surface area (Å²) in [5.74, 6) is 1.71. The predicted octanol–water partition coefficient (Wildman–Crippen LogP) is 1.67. The summed E-state index contributed by atoms with van der Waals surface area (Å²) < 4.78 is 4.98. The molecule has 1 N–H and O–H groups in total. The lowest BCUT2D eigenvalue weighted by Crippen LogP contribution is -2.40. The van der Waals surface area contributed by atoms with Crippen molar-refractivity contribution in [3.8, 4) is 0 Å². The van der Waals surface area contributed by atoms with Crippen LogP contribution in [0.25, 0.3) is 0 Å². The van der Waals surface area contributed by atoms with Crippen molar-refractivity contribution in [2.45, 2.75) is 33.2 Å². The first-order chi connectivity index (χ1) is 6.76. The standard InChI is InChI=1S/C10H21NO2S/c1-4-7-11-9(8-14-6-3)10(12)13-5-2/h9,11H,4-8H2,1-3H3. The molecule has 0 amide bonds. The molecule has 0 aromatic rings. The van der Waals surface area contributed by atoms with Crippen LogP contribution in [0.3, 0.4) is 0 Å². The van der Waals surface area contributed by atoms with Gasteiger partial charge in [0, 0.05) is 5.75 Å². The molecule has 3 nitrogen and oxygen atoms in total. The van der Waals surface area contributed by atoms with Crippen molar-refractivity contribution in [2.75, 3.05) is 24.7 Å². The number of hydrogen-bond donors (Lipinski definition) is 1. The molecule has 0 fully saturated rings. The number of carbonyl (C=O) groups excluding carboxylic acids is 1. The maximum absolute atomic E-state index is 11.5. The van der Waals surface area contributed by atoms with Gasteiger partial charge in [0.2, 0.25) is 0 Å². The van der Waals surface area contributed by atoms with Crippen LogP contribution in [0.2, 0.25) is 0 Å². The summed E-state index contributed by atoms with van der Waals surface area (Å²) in [6.07, 6.45) is 1.03. The van der Waals surface area contributed by atoms with Gasteiger partial charge in [-0.2, -0.15) is 11.8 Å². The Morgan fingerprint density at radius 1 is 1.43 bits per heavy atom. The fourth-order valence-corrected chi connectivity index (χ4v) is 1.73. The summed E-state index contributed by atoms with van der Waals surface area (Å²) in [5.41, 5.74) is 0. The lowest BCUT2D eigenvalue weighted by molar-refractivity contribution is -0.144. The summed E-state index contributed by atoms with van der Waals surface area (Å²) in [4.78, 5) is 11.5. The minimum absolute atomic E-state index is 0.123. The van der Waals surface area contributed by atoms with Gasteiger partial charge in [0.15, 0.2) is 0 Å². The Kier molecular flexibility index (Phi) is 9.19. The summed E-state index contributed by atoms with van der Waals surface area (Å²) >= 11 is 1.76. The monoisotopic (exact) mass is 219 g/mol. The Balaban J connectivity index is 3.88. The fraction of sp³-hybridized carbons (Fsp3) is 0.900. The molecule has 0 saturated carbocycles. The number of nitrogens with one attached hydrogen (secondary N) is 1. The largest absolute Gasteiger partial charge is 0.465 e. The topological polar surface area (TPSA) is 38.3 Å². The van der Waals surface area contributed by atoms with E-state index in [9.17, 15) is 4.79 Å². The first-order valence-electron chi connectivity index (χ1n) is 5.23. The Hall–Kier alpha value is -0.220. The van der Waals surface area contributed by atoms with Gasteiger partial charge in [0.1, 0.15) is 6.04 Å². The van der Waals surface area contributed by atoms with Crippen molar-refractivity contribution < 1.29 is 9.53 Å². The molecule has 0 aliphatic rings. The number of rotatable bonds is 8. The van der Waals surface area contributed by atoms with Gasteiger partial charge >= 0.3 is 5.97 Å². The van der Waals surface area contributed by atoms with E-state index in [0.717, 1.165) is 24.5 Å². The lowest BCUT2D eigenvalue weighted by atomic mass is 10.3. The molecule has 0 radical (unpaired) electrons. The van der Waals surface area contributed by atoms with Crippen LogP contribution < -0.4 is 5.32 Å². The summed E-state index contributed by atoms with van der Waals surface area (Å²) in [6, 6.07) is -0.139. The van der Waals surface area contributed by atoms with Crippen LogP contribution in [0.5, 0.6) is 0 Å². The first-order valence-corrected chi connectivity index (χ1v) is 6.39. The zero-order chi connectivity index (χ0) is 10.8. The zero-order valence-corrected chi connectivity index (χ0v) is 10.2. The second-order valence-corrected chi connectivity index (χ2v) is 4.24. The molecule has 0 rings (SSSR count). The van der Waals surface area contributed by atoms with Gasteiger partial charge in [-0.1, -0.05) is 13.8 Å². The Morgan fingerprint density at radius 3 is 2.64 bits per heavy atom. The van der Waals surface area contributed by atoms with E-state index < -0.39 is 0 Å². The summed E-state index contributed by atoms with van der Waals surface area (Å²) in [6.45, 7) is 7.34. The average Bonchev–Trinajstić information content (AvgIpc) is 2.18. The molecule has 1 unspecified atom stereocenters. The first kappa shape index (κ1) is 13.8. The number of ether oxygens (including phenoxy) is 1. The van der Waals surface area contributed by atoms with Gasteiger partial charge in [-0.3, -0.25) is 4.79 Å². The predicted molar refractivity (Wildman–Crippen MR) is 61.7 cm³/mol. The number of carbonyl (C=O) groups is 1. The van der Waals surface area contributed by atoms with Crippen molar-refractivity contribution in [2.24, 2.45) is 0 Å².